The van der Waals surface area contributed by atoms with Gasteiger partial charge in [0.05, 0.1) is 0 Å². The number of rotatable bonds is 13. The van der Waals surface area contributed by atoms with Gasteiger partial charge in [-0.05, 0) is 78.8 Å². The largest absolute Gasteiger partial charge is 0.314 e. The Hall–Kier alpha value is -0.190. The maximum absolute atomic E-state index is 12.2. The van der Waals surface area contributed by atoms with E-state index in [-0.39, 0.29) is 6.67 Å². The van der Waals surface area contributed by atoms with E-state index in [9.17, 15) is 4.39 Å². The Labute approximate surface area is 131 Å². The van der Waals surface area contributed by atoms with Crippen LogP contribution < -0.4 is 5.32 Å². The van der Waals surface area contributed by atoms with Gasteiger partial charge in [-0.2, -0.15) is 0 Å². The molecule has 21 heavy (non-hydrogen) atoms. The Kier molecular flexibility index (Phi) is 11.1. The zero-order chi connectivity index (χ0) is 15.3. The molecule has 0 aromatic rings. The van der Waals surface area contributed by atoms with Crippen LogP contribution in [0.5, 0.6) is 0 Å². The summed E-state index contributed by atoms with van der Waals surface area (Å²) in [6.07, 6.45) is 9.27. The number of nitrogens with one attached hydrogen (secondary N) is 1. The Morgan fingerprint density at radius 3 is 2.52 bits per heavy atom. The normalized spacial score (nSPS) is 17.7. The van der Waals surface area contributed by atoms with Gasteiger partial charge in [0.1, 0.15) is 6.67 Å². The fraction of sp³-hybridized carbons (Fsp3) is 1.00. The molecule has 0 saturated carbocycles. The summed E-state index contributed by atoms with van der Waals surface area (Å²) < 4.78 is 12.2. The highest BCUT2D eigenvalue weighted by molar-refractivity contribution is 4.66. The lowest BCUT2D eigenvalue weighted by Crippen LogP contribution is -2.32. The molecule has 1 heterocycles. The van der Waals surface area contributed by atoms with E-state index >= 15 is 0 Å². The van der Waals surface area contributed by atoms with Crippen molar-refractivity contribution in [1.29, 1.82) is 0 Å². The van der Waals surface area contributed by atoms with Crippen LogP contribution in [-0.4, -0.2) is 68.8 Å². The van der Waals surface area contributed by atoms with Gasteiger partial charge < -0.3 is 15.1 Å². The zero-order valence-electron chi connectivity index (χ0n) is 14.2. The second-order valence-electron chi connectivity index (χ2n) is 6.60. The van der Waals surface area contributed by atoms with Gasteiger partial charge in [-0.1, -0.05) is 12.8 Å². The van der Waals surface area contributed by atoms with E-state index < -0.39 is 0 Å². The number of hydrogen-bond donors (Lipinski definition) is 1. The fourth-order valence-electron chi connectivity index (χ4n) is 2.94. The van der Waals surface area contributed by atoms with E-state index in [1.165, 1.54) is 58.2 Å². The van der Waals surface area contributed by atoms with Crippen LogP contribution in [0.25, 0.3) is 0 Å². The molecular weight excluding hydrogens is 265 g/mol. The third-order valence-electron chi connectivity index (χ3n) is 4.50. The van der Waals surface area contributed by atoms with Crippen LogP contribution in [0.4, 0.5) is 4.39 Å². The molecule has 3 nitrogen and oxygen atoms in total. The first-order valence-corrected chi connectivity index (χ1v) is 8.92. The van der Waals surface area contributed by atoms with Crippen molar-refractivity contribution in [3.05, 3.63) is 0 Å². The summed E-state index contributed by atoms with van der Waals surface area (Å²) in [4.78, 5) is 4.67. The summed E-state index contributed by atoms with van der Waals surface area (Å²) >= 11 is 0. The highest BCUT2D eigenvalue weighted by Crippen LogP contribution is 2.09. The molecule has 1 atom stereocenters. The van der Waals surface area contributed by atoms with Gasteiger partial charge in [0.15, 0.2) is 0 Å². The molecule has 1 rings (SSSR count). The Bertz CT molecular complexity index is 232. The second kappa shape index (κ2) is 12.4. The first kappa shape index (κ1) is 18.9. The quantitative estimate of drug-likeness (QED) is 0.528. The van der Waals surface area contributed by atoms with Crippen molar-refractivity contribution < 1.29 is 4.39 Å². The first-order chi connectivity index (χ1) is 10.2. The predicted molar refractivity (Wildman–Crippen MR) is 89.7 cm³/mol. The lowest BCUT2D eigenvalue weighted by molar-refractivity contribution is 0.280. The molecule has 1 aliphatic rings. The van der Waals surface area contributed by atoms with E-state index in [0.717, 1.165) is 19.5 Å². The molecule has 0 aliphatic carbocycles. The Morgan fingerprint density at radius 1 is 1.10 bits per heavy atom. The van der Waals surface area contributed by atoms with Crippen LogP contribution in [0, 0.1) is 0 Å². The number of hydrogen-bond acceptors (Lipinski definition) is 3. The van der Waals surface area contributed by atoms with Gasteiger partial charge >= 0.3 is 0 Å². The Morgan fingerprint density at radius 2 is 1.81 bits per heavy atom. The standard InChI is InChI=1S/C17H36FN3/c1-17(9-15-20(2)16-10-18)19-11-5-3-4-6-12-21-13-7-8-14-21/h17,19H,3-16H2,1-2H3/t17-/m0/s1. The molecule has 0 spiro atoms. The summed E-state index contributed by atoms with van der Waals surface area (Å²) in [6.45, 7) is 8.62. The molecule has 0 radical (unpaired) electrons. The van der Waals surface area contributed by atoms with E-state index in [0.29, 0.717) is 12.6 Å². The molecule has 0 unspecified atom stereocenters. The molecule has 4 heteroatoms. The molecule has 0 aromatic carbocycles. The Balaban J connectivity index is 1.82. The van der Waals surface area contributed by atoms with Crippen LogP contribution in [-0.2, 0) is 0 Å². The first-order valence-electron chi connectivity index (χ1n) is 8.92. The monoisotopic (exact) mass is 301 g/mol. The van der Waals surface area contributed by atoms with E-state index in [2.05, 4.69) is 22.0 Å². The average molecular weight is 301 g/mol. The summed E-state index contributed by atoms with van der Waals surface area (Å²) in [5.74, 6) is 0. The van der Waals surface area contributed by atoms with Gasteiger partial charge in [0, 0.05) is 12.6 Å². The molecule has 1 fully saturated rings. The van der Waals surface area contributed by atoms with Crippen LogP contribution >= 0.6 is 0 Å². The SMILES string of the molecule is C[C@@H](CCN(C)CCF)NCCCCCCN1CCCC1. The second-order valence-corrected chi connectivity index (χ2v) is 6.60. The lowest BCUT2D eigenvalue weighted by atomic mass is 10.1. The van der Waals surface area contributed by atoms with Gasteiger partial charge in [-0.15, -0.1) is 0 Å². The lowest BCUT2D eigenvalue weighted by Gasteiger charge is -2.19. The van der Waals surface area contributed by atoms with Crippen LogP contribution in [0.2, 0.25) is 0 Å². The fourth-order valence-corrected chi connectivity index (χ4v) is 2.94. The molecule has 1 N–H and O–H groups in total. The maximum Gasteiger partial charge on any atom is 0.102 e. The predicted octanol–water partition coefficient (Wildman–Crippen LogP) is 2.91. The third-order valence-corrected chi connectivity index (χ3v) is 4.50. The summed E-state index contributed by atoms with van der Waals surface area (Å²) in [5.41, 5.74) is 0. The van der Waals surface area contributed by atoms with E-state index in [1.54, 1.807) is 0 Å². The van der Waals surface area contributed by atoms with Crippen LogP contribution in [0.3, 0.4) is 0 Å². The minimum absolute atomic E-state index is 0.240. The summed E-state index contributed by atoms with van der Waals surface area (Å²) in [5, 5.41) is 3.58. The van der Waals surface area contributed by atoms with E-state index in [1.807, 2.05) is 7.05 Å². The minimum Gasteiger partial charge on any atom is -0.314 e. The molecule has 1 saturated heterocycles. The van der Waals surface area contributed by atoms with Gasteiger partial charge in [-0.3, -0.25) is 0 Å². The molecule has 0 aromatic heterocycles. The van der Waals surface area contributed by atoms with Gasteiger partial charge in [0.2, 0.25) is 0 Å². The van der Waals surface area contributed by atoms with Crippen molar-refractivity contribution >= 4 is 0 Å². The molecule has 126 valence electrons. The summed E-state index contributed by atoms with van der Waals surface area (Å²) in [7, 11) is 1.99. The number of likely N-dealkylation sites (tertiary alicyclic amines) is 1. The minimum atomic E-state index is -0.240. The van der Waals surface area contributed by atoms with Gasteiger partial charge in [-0.25, -0.2) is 4.39 Å². The maximum atomic E-state index is 12.2. The third kappa shape index (κ3) is 10.2. The average Bonchev–Trinajstić information content (AvgIpc) is 2.97. The smallest absolute Gasteiger partial charge is 0.102 e. The highest BCUT2D eigenvalue weighted by Gasteiger charge is 2.10. The van der Waals surface area contributed by atoms with Crippen molar-refractivity contribution in [2.75, 3.05) is 53.0 Å². The molecule has 1 aliphatic heterocycles. The van der Waals surface area contributed by atoms with Crippen LogP contribution in [0.15, 0.2) is 0 Å². The number of unbranched alkanes of at least 4 members (excludes halogenated alkanes) is 3. The van der Waals surface area contributed by atoms with Crippen LogP contribution in [0.1, 0.15) is 51.9 Å². The van der Waals surface area contributed by atoms with Crippen molar-refractivity contribution in [1.82, 2.24) is 15.1 Å². The number of halogens is 1. The highest BCUT2D eigenvalue weighted by atomic mass is 19.1. The topological polar surface area (TPSA) is 18.5 Å². The van der Waals surface area contributed by atoms with Crippen molar-refractivity contribution in [2.24, 2.45) is 0 Å². The molecule has 0 bridgehead atoms. The zero-order valence-corrected chi connectivity index (χ0v) is 14.2. The van der Waals surface area contributed by atoms with Crippen molar-refractivity contribution in [3.63, 3.8) is 0 Å². The summed E-state index contributed by atoms with van der Waals surface area (Å²) in [6, 6.07) is 0.539. The van der Waals surface area contributed by atoms with E-state index in [4.69, 9.17) is 0 Å². The van der Waals surface area contributed by atoms with Crippen molar-refractivity contribution in [3.8, 4) is 0 Å². The number of alkyl halides is 1. The molecule has 0 amide bonds. The van der Waals surface area contributed by atoms with Crippen molar-refractivity contribution in [2.45, 2.75) is 57.9 Å². The number of nitrogens with zero attached hydrogens (tertiary/aromatic N) is 2. The molecular formula is C17H36FN3. The van der Waals surface area contributed by atoms with Gasteiger partial charge in [0.25, 0.3) is 0 Å².